The van der Waals surface area contributed by atoms with Gasteiger partial charge in [-0.2, -0.15) is 0 Å². The van der Waals surface area contributed by atoms with E-state index in [1.807, 2.05) is 12.1 Å². The van der Waals surface area contributed by atoms with Gasteiger partial charge in [0.25, 0.3) is 0 Å². The highest BCUT2D eigenvalue weighted by atomic mass is 79.9. The van der Waals surface area contributed by atoms with Crippen LogP contribution in [0.2, 0.25) is 0 Å². The van der Waals surface area contributed by atoms with Crippen molar-refractivity contribution < 1.29 is 99.5 Å². The van der Waals surface area contributed by atoms with E-state index in [1.54, 1.807) is 28.4 Å². The van der Waals surface area contributed by atoms with E-state index in [0.29, 0.717) is 260 Å². The molecule has 496 valence electrons. The normalized spacial score (nSPS) is 12.4. The molecule has 1 aliphatic rings. The van der Waals surface area contributed by atoms with Crippen molar-refractivity contribution in [1.82, 2.24) is 0 Å². The molecular formula is C65H96Br2O21. The third-order valence-corrected chi connectivity index (χ3v) is 14.2. The quantitative estimate of drug-likeness (QED) is 0.0383. The van der Waals surface area contributed by atoms with E-state index >= 15 is 0 Å². The Morgan fingerprint density at radius 3 is 0.670 bits per heavy atom. The Hall–Kier alpha value is -3.64. The number of ether oxygens (including phenoxy) is 21. The van der Waals surface area contributed by atoms with Crippen LogP contribution in [0.25, 0.3) is 11.1 Å². The second-order valence-corrected chi connectivity index (χ2v) is 21.6. The number of rotatable bonds is 59. The molecule has 4 aromatic rings. The van der Waals surface area contributed by atoms with Crippen molar-refractivity contribution in [3.05, 3.63) is 104 Å². The van der Waals surface area contributed by atoms with Gasteiger partial charge in [-0.25, -0.2) is 0 Å². The zero-order chi connectivity index (χ0) is 62.2. The number of halogens is 2. The Bertz CT molecular complexity index is 2300. The largest absolute Gasteiger partial charge is 0.491 e. The Labute approximate surface area is 538 Å². The maximum Gasteiger partial charge on any atom is 0.123 e. The summed E-state index contributed by atoms with van der Waals surface area (Å²) in [6.07, 6.45) is 1.17. The maximum atomic E-state index is 6.44. The highest BCUT2D eigenvalue weighted by Crippen LogP contribution is 2.54. The van der Waals surface area contributed by atoms with Gasteiger partial charge >= 0.3 is 0 Å². The summed E-state index contributed by atoms with van der Waals surface area (Å²) in [7, 11) is 6.60. The van der Waals surface area contributed by atoms with Crippen LogP contribution < -0.4 is 18.9 Å². The number of hydrogen-bond donors (Lipinski definition) is 0. The molecule has 0 aliphatic heterocycles. The monoisotopic (exact) mass is 1370 g/mol. The molecule has 88 heavy (non-hydrogen) atoms. The minimum atomic E-state index is -0.595. The van der Waals surface area contributed by atoms with Crippen LogP contribution in [0.3, 0.4) is 0 Å². The fourth-order valence-electron chi connectivity index (χ4n) is 9.21. The Morgan fingerprint density at radius 1 is 0.250 bits per heavy atom. The molecule has 0 aromatic heterocycles. The molecule has 0 N–H and O–H groups in total. The molecule has 0 fully saturated rings. The lowest BCUT2D eigenvalue weighted by Crippen LogP contribution is -2.31. The van der Waals surface area contributed by atoms with E-state index in [9.17, 15) is 0 Å². The van der Waals surface area contributed by atoms with E-state index in [1.165, 1.54) is 11.1 Å². The standard InChI is InChI=1S/C65H96Br2O21/c1-68-9-13-72-17-18-76-19-20-77-21-22-78-23-24-79-25-26-80-27-28-81-29-30-82-31-32-83-33-34-84-38-42-88-60-46-54(45-59(50-60)87-41-37-75-16-12-71-4)52-65(63-47-55(66)5-7-61(63)62-8-6-56(67)48-64(62)65)51-53-43-57(85-39-35-73-14-10-69-2)49-58(44-53)86-40-36-74-15-11-70-3/h5-8,43-50H,9-42,51-52H2,1-4H3. The van der Waals surface area contributed by atoms with E-state index in [0.717, 1.165) is 31.2 Å². The smallest absolute Gasteiger partial charge is 0.123 e. The lowest BCUT2D eigenvalue weighted by atomic mass is 9.69. The first-order valence-corrected chi connectivity index (χ1v) is 31.8. The lowest BCUT2D eigenvalue weighted by molar-refractivity contribution is -0.0273. The fourth-order valence-corrected chi connectivity index (χ4v) is 9.93. The first-order chi connectivity index (χ1) is 43.4. The zero-order valence-electron chi connectivity index (χ0n) is 52.2. The molecule has 0 atom stereocenters. The summed E-state index contributed by atoms with van der Waals surface area (Å²) in [4.78, 5) is 0. The SMILES string of the molecule is COCCOCCOCCOCCOCCOCCOCCOCCOCCOCCOCCOc1cc(CC2(Cc3cc(OCCOCCOC)cc(OCCOCCOC)c3)c3cc(Br)ccc3-c3ccc(Br)cc32)cc(OCCOCCOC)c1. The minimum Gasteiger partial charge on any atom is -0.491 e. The first-order valence-electron chi connectivity index (χ1n) is 30.2. The number of benzene rings is 4. The Morgan fingerprint density at radius 2 is 0.455 bits per heavy atom. The topological polar surface area (TPSA) is 194 Å². The fraction of sp³-hybridized carbons (Fsp3) is 0.631. The van der Waals surface area contributed by atoms with Crippen LogP contribution in [0.15, 0.2) is 81.7 Å². The minimum absolute atomic E-state index is 0.310. The predicted molar refractivity (Wildman–Crippen MR) is 338 cm³/mol. The van der Waals surface area contributed by atoms with Gasteiger partial charge < -0.3 is 99.5 Å². The van der Waals surface area contributed by atoms with Crippen molar-refractivity contribution in [2.24, 2.45) is 0 Å². The molecule has 0 saturated heterocycles. The van der Waals surface area contributed by atoms with Crippen LogP contribution in [0, 0.1) is 0 Å². The zero-order valence-corrected chi connectivity index (χ0v) is 55.4. The van der Waals surface area contributed by atoms with Crippen LogP contribution in [-0.2, 0) is 98.8 Å². The Kier molecular flexibility index (Phi) is 41.9. The number of fused-ring (bicyclic) bond motifs is 3. The summed E-state index contributed by atoms with van der Waals surface area (Å²) in [5.74, 6) is 2.66. The second-order valence-electron chi connectivity index (χ2n) is 19.8. The highest BCUT2D eigenvalue weighted by molar-refractivity contribution is 9.10. The summed E-state index contributed by atoms with van der Waals surface area (Å²) in [5, 5.41) is 0. The third-order valence-electron chi connectivity index (χ3n) is 13.2. The summed E-state index contributed by atoms with van der Waals surface area (Å²) in [5.41, 5.74) is 6.13. The van der Waals surface area contributed by atoms with Crippen molar-refractivity contribution in [3.63, 3.8) is 0 Å². The van der Waals surface area contributed by atoms with Crippen LogP contribution in [0.4, 0.5) is 0 Å². The van der Waals surface area contributed by atoms with Gasteiger partial charge in [-0.15, -0.1) is 0 Å². The molecule has 4 aromatic carbocycles. The van der Waals surface area contributed by atoms with Gasteiger partial charge in [0, 0.05) is 54.9 Å². The summed E-state index contributed by atoms with van der Waals surface area (Å²) < 4.78 is 121. The van der Waals surface area contributed by atoms with Gasteiger partial charge in [-0.05, 0) is 94.8 Å². The molecule has 0 heterocycles. The van der Waals surface area contributed by atoms with E-state index < -0.39 is 5.41 Å². The number of methoxy groups -OCH3 is 4. The van der Waals surface area contributed by atoms with Gasteiger partial charge in [0.1, 0.15) is 49.4 Å². The van der Waals surface area contributed by atoms with Gasteiger partial charge in [0.05, 0.1) is 198 Å². The predicted octanol–water partition coefficient (Wildman–Crippen LogP) is 8.28. The van der Waals surface area contributed by atoms with Crippen molar-refractivity contribution in [3.8, 4) is 34.1 Å². The number of hydrogen-bond acceptors (Lipinski definition) is 21. The molecule has 5 rings (SSSR count). The summed E-state index contributed by atoms with van der Waals surface area (Å²) in [6, 6.07) is 25.3. The van der Waals surface area contributed by atoms with Crippen LogP contribution >= 0.6 is 31.9 Å². The second kappa shape index (κ2) is 49.1. The molecule has 0 spiro atoms. The van der Waals surface area contributed by atoms with Crippen molar-refractivity contribution >= 4 is 31.9 Å². The highest BCUT2D eigenvalue weighted by Gasteiger charge is 2.44. The van der Waals surface area contributed by atoms with Crippen LogP contribution in [0.5, 0.6) is 23.0 Å². The molecule has 0 amide bonds. The molecule has 23 heteroatoms. The van der Waals surface area contributed by atoms with Crippen LogP contribution in [-0.4, -0.2) is 253 Å². The summed E-state index contributed by atoms with van der Waals surface area (Å²) >= 11 is 7.70. The molecule has 1 aliphatic carbocycles. The third kappa shape index (κ3) is 31.6. The molecule has 21 nitrogen and oxygen atoms in total. The first kappa shape index (κ1) is 75.1. The van der Waals surface area contributed by atoms with E-state index in [2.05, 4.69) is 92.5 Å². The molecular weight excluding hydrogens is 1280 g/mol. The van der Waals surface area contributed by atoms with Crippen molar-refractivity contribution in [2.75, 3.05) is 253 Å². The molecule has 0 bridgehead atoms. The molecule has 0 saturated carbocycles. The lowest BCUT2D eigenvalue weighted by Gasteiger charge is -2.33. The average molecular weight is 1370 g/mol. The van der Waals surface area contributed by atoms with Crippen molar-refractivity contribution in [1.29, 1.82) is 0 Å². The average Bonchev–Trinajstić information content (AvgIpc) is 1.62. The van der Waals surface area contributed by atoms with Gasteiger partial charge in [-0.1, -0.05) is 44.0 Å². The van der Waals surface area contributed by atoms with Crippen LogP contribution in [0.1, 0.15) is 22.3 Å². The van der Waals surface area contributed by atoms with Crippen molar-refractivity contribution in [2.45, 2.75) is 18.3 Å². The van der Waals surface area contributed by atoms with Gasteiger partial charge in [0.2, 0.25) is 0 Å². The maximum absolute atomic E-state index is 6.44. The Balaban J connectivity index is 1.07. The van der Waals surface area contributed by atoms with E-state index in [-0.39, 0.29) is 0 Å². The van der Waals surface area contributed by atoms with E-state index in [4.69, 9.17) is 99.5 Å². The van der Waals surface area contributed by atoms with Gasteiger partial charge in [0.15, 0.2) is 0 Å². The summed E-state index contributed by atoms with van der Waals surface area (Å²) in [6.45, 7) is 15.6. The molecule has 0 radical (unpaired) electrons. The molecule has 0 unspecified atom stereocenters. The van der Waals surface area contributed by atoms with Gasteiger partial charge in [-0.3, -0.25) is 0 Å².